The third-order valence-electron chi connectivity index (χ3n) is 5.69. The number of methoxy groups -OCH3 is 1. The number of ether oxygens (including phenoxy) is 4. The highest BCUT2D eigenvalue weighted by molar-refractivity contribution is 6.42. The zero-order chi connectivity index (χ0) is 29.2. The van der Waals surface area contributed by atoms with E-state index < -0.39 is 18.0 Å². The Morgan fingerprint density at radius 1 is 0.878 bits per heavy atom. The van der Waals surface area contributed by atoms with Crippen molar-refractivity contribution in [3.63, 3.8) is 0 Å². The Morgan fingerprint density at radius 3 is 2.32 bits per heavy atom. The number of rotatable bonds is 11. The Bertz CT molecular complexity index is 1530. The van der Waals surface area contributed by atoms with E-state index in [9.17, 15) is 9.59 Å². The third kappa shape index (κ3) is 8.48. The van der Waals surface area contributed by atoms with E-state index in [1.54, 1.807) is 49.4 Å². The van der Waals surface area contributed by atoms with Crippen molar-refractivity contribution in [2.75, 3.05) is 7.11 Å². The number of hydrogen-bond donors (Lipinski definition) is 1. The number of hydrazone groups is 1. The molecule has 4 aromatic rings. The van der Waals surface area contributed by atoms with Gasteiger partial charge in [0.2, 0.25) is 0 Å². The molecule has 1 unspecified atom stereocenters. The van der Waals surface area contributed by atoms with E-state index in [1.807, 2.05) is 30.3 Å². The number of carbonyl (C=O) groups is 2. The first-order valence-electron chi connectivity index (χ1n) is 12.4. The topological polar surface area (TPSA) is 95.5 Å². The van der Waals surface area contributed by atoms with E-state index in [-0.39, 0.29) is 16.3 Å². The van der Waals surface area contributed by atoms with Gasteiger partial charge in [0.05, 0.1) is 28.9 Å². The molecule has 0 aliphatic heterocycles. The summed E-state index contributed by atoms with van der Waals surface area (Å²) in [6.07, 6.45) is 0.622. The maximum Gasteiger partial charge on any atom is 0.343 e. The summed E-state index contributed by atoms with van der Waals surface area (Å²) in [5.41, 5.74) is 4.34. The molecule has 0 fully saturated rings. The van der Waals surface area contributed by atoms with Crippen LogP contribution in [0.2, 0.25) is 10.0 Å². The molecule has 10 heteroatoms. The normalized spacial score (nSPS) is 11.5. The highest BCUT2D eigenvalue weighted by Gasteiger charge is 2.16. The number of halogens is 2. The minimum absolute atomic E-state index is 0.197. The summed E-state index contributed by atoms with van der Waals surface area (Å²) in [5.74, 6) is 0.626. The fourth-order valence-corrected chi connectivity index (χ4v) is 3.80. The van der Waals surface area contributed by atoms with Crippen molar-refractivity contribution in [2.45, 2.75) is 19.6 Å². The average molecular weight is 593 g/mol. The standard InChI is InChI=1S/C31H26Cl2N2O6/c1-20(40-25-12-10-24(11-13-25)39-19-21-6-4-3-5-7-21)30(36)35-34-18-22-8-15-28(29(16-22)38-2)41-31(37)23-9-14-26(32)27(33)17-23/h3-18,20H,19H2,1-2H3,(H,35,36). The van der Waals surface area contributed by atoms with Crippen molar-refractivity contribution in [3.05, 3.63) is 118 Å². The Morgan fingerprint density at radius 2 is 1.61 bits per heavy atom. The van der Waals surface area contributed by atoms with Gasteiger partial charge in [-0.25, -0.2) is 10.2 Å². The zero-order valence-electron chi connectivity index (χ0n) is 22.2. The lowest BCUT2D eigenvalue weighted by Gasteiger charge is -2.13. The highest BCUT2D eigenvalue weighted by atomic mass is 35.5. The van der Waals surface area contributed by atoms with Crippen LogP contribution in [0.1, 0.15) is 28.4 Å². The van der Waals surface area contributed by atoms with E-state index in [2.05, 4.69) is 10.5 Å². The maximum atomic E-state index is 12.5. The molecule has 0 saturated carbocycles. The van der Waals surface area contributed by atoms with Crippen molar-refractivity contribution in [1.82, 2.24) is 5.43 Å². The molecule has 210 valence electrons. The highest BCUT2D eigenvalue weighted by Crippen LogP contribution is 2.29. The monoisotopic (exact) mass is 592 g/mol. The maximum absolute atomic E-state index is 12.5. The largest absolute Gasteiger partial charge is 0.493 e. The van der Waals surface area contributed by atoms with Crippen molar-refractivity contribution in [2.24, 2.45) is 5.10 Å². The molecule has 8 nitrogen and oxygen atoms in total. The van der Waals surface area contributed by atoms with Crippen LogP contribution in [0.4, 0.5) is 0 Å². The van der Waals surface area contributed by atoms with Gasteiger partial charge in [-0.15, -0.1) is 0 Å². The second-order valence-electron chi connectivity index (χ2n) is 8.67. The minimum Gasteiger partial charge on any atom is -0.493 e. The fraction of sp³-hybridized carbons (Fsp3) is 0.129. The van der Waals surface area contributed by atoms with Crippen LogP contribution in [0.3, 0.4) is 0 Å². The van der Waals surface area contributed by atoms with E-state index in [4.69, 9.17) is 42.1 Å². The van der Waals surface area contributed by atoms with Gasteiger partial charge >= 0.3 is 5.97 Å². The van der Waals surface area contributed by atoms with Gasteiger partial charge in [-0.2, -0.15) is 5.10 Å². The zero-order valence-corrected chi connectivity index (χ0v) is 23.7. The molecule has 4 aromatic carbocycles. The van der Waals surface area contributed by atoms with E-state index in [1.165, 1.54) is 31.5 Å². The summed E-state index contributed by atoms with van der Waals surface area (Å²) >= 11 is 11.9. The number of amides is 1. The quantitative estimate of drug-likeness (QED) is 0.0899. The van der Waals surface area contributed by atoms with Gasteiger partial charge in [-0.3, -0.25) is 4.79 Å². The predicted molar refractivity (Wildman–Crippen MR) is 157 cm³/mol. The molecule has 0 saturated heterocycles. The molecule has 0 aromatic heterocycles. The smallest absolute Gasteiger partial charge is 0.343 e. The molecular formula is C31H26Cl2N2O6. The number of esters is 1. The van der Waals surface area contributed by atoms with Crippen LogP contribution in [0.15, 0.2) is 96.1 Å². The van der Waals surface area contributed by atoms with E-state index >= 15 is 0 Å². The predicted octanol–water partition coefficient (Wildman–Crippen LogP) is 6.72. The number of benzene rings is 4. The third-order valence-corrected chi connectivity index (χ3v) is 6.43. The summed E-state index contributed by atoms with van der Waals surface area (Å²) in [7, 11) is 1.44. The molecule has 1 N–H and O–H groups in total. The lowest BCUT2D eigenvalue weighted by atomic mass is 10.2. The summed E-state index contributed by atoms with van der Waals surface area (Å²) < 4.78 is 22.3. The van der Waals surface area contributed by atoms with Gasteiger partial charge in [0.15, 0.2) is 17.6 Å². The molecule has 0 aliphatic carbocycles. The van der Waals surface area contributed by atoms with Crippen LogP contribution in [0.25, 0.3) is 0 Å². The van der Waals surface area contributed by atoms with Crippen LogP contribution in [-0.4, -0.2) is 31.3 Å². The van der Waals surface area contributed by atoms with Crippen LogP contribution in [0.5, 0.6) is 23.0 Å². The molecule has 41 heavy (non-hydrogen) atoms. The number of nitrogens with zero attached hydrogens (tertiary/aromatic N) is 1. The number of nitrogens with one attached hydrogen (secondary N) is 1. The minimum atomic E-state index is -0.805. The van der Waals surface area contributed by atoms with Gasteiger partial charge in [-0.1, -0.05) is 53.5 Å². The van der Waals surface area contributed by atoms with Gasteiger partial charge in [0.25, 0.3) is 5.91 Å². The van der Waals surface area contributed by atoms with Crippen LogP contribution in [-0.2, 0) is 11.4 Å². The van der Waals surface area contributed by atoms with E-state index in [0.717, 1.165) is 5.56 Å². The van der Waals surface area contributed by atoms with Crippen LogP contribution < -0.4 is 24.4 Å². The second-order valence-corrected chi connectivity index (χ2v) is 9.48. The van der Waals surface area contributed by atoms with Crippen molar-refractivity contribution in [3.8, 4) is 23.0 Å². The molecule has 0 bridgehead atoms. The van der Waals surface area contributed by atoms with Gasteiger partial charge in [-0.05, 0) is 78.7 Å². The van der Waals surface area contributed by atoms with Crippen molar-refractivity contribution >= 4 is 41.3 Å². The van der Waals surface area contributed by atoms with Crippen LogP contribution >= 0.6 is 23.2 Å². The molecule has 0 spiro atoms. The van der Waals surface area contributed by atoms with E-state index in [0.29, 0.717) is 34.4 Å². The Kier molecular flexibility index (Phi) is 10.2. The molecular weight excluding hydrogens is 567 g/mol. The molecule has 1 atom stereocenters. The molecule has 0 radical (unpaired) electrons. The fourth-order valence-electron chi connectivity index (χ4n) is 3.51. The lowest BCUT2D eigenvalue weighted by molar-refractivity contribution is -0.127. The van der Waals surface area contributed by atoms with Gasteiger partial charge < -0.3 is 18.9 Å². The summed E-state index contributed by atoms with van der Waals surface area (Å²) in [6.45, 7) is 2.07. The first-order valence-corrected chi connectivity index (χ1v) is 13.2. The first-order chi connectivity index (χ1) is 19.8. The Hall–Kier alpha value is -4.53. The first kappa shape index (κ1) is 29.5. The Labute approximate surface area is 247 Å². The van der Waals surface area contributed by atoms with Gasteiger partial charge in [0.1, 0.15) is 18.1 Å². The molecule has 4 rings (SSSR count). The second kappa shape index (κ2) is 14.2. The van der Waals surface area contributed by atoms with Crippen molar-refractivity contribution in [1.29, 1.82) is 0 Å². The van der Waals surface area contributed by atoms with Crippen molar-refractivity contribution < 1.29 is 28.5 Å². The molecule has 0 aliphatic rings. The lowest BCUT2D eigenvalue weighted by Crippen LogP contribution is -2.33. The number of carbonyl (C=O) groups excluding carboxylic acids is 2. The summed E-state index contributed by atoms with van der Waals surface area (Å²) in [5, 5.41) is 4.56. The van der Waals surface area contributed by atoms with Crippen LogP contribution in [0, 0.1) is 0 Å². The Balaban J connectivity index is 1.28. The number of hydrogen-bond acceptors (Lipinski definition) is 7. The molecule has 0 heterocycles. The summed E-state index contributed by atoms with van der Waals surface area (Å²) in [6, 6.07) is 26.1. The van der Waals surface area contributed by atoms with Gasteiger partial charge in [0, 0.05) is 0 Å². The molecule has 1 amide bonds. The average Bonchev–Trinajstić information content (AvgIpc) is 2.99. The SMILES string of the molecule is COc1cc(C=NNC(=O)C(C)Oc2ccc(OCc3ccccc3)cc2)ccc1OC(=O)c1ccc(Cl)c(Cl)c1. The summed E-state index contributed by atoms with van der Waals surface area (Å²) in [4.78, 5) is 25.0.